The van der Waals surface area contributed by atoms with Gasteiger partial charge in [0.25, 0.3) is 0 Å². The fourth-order valence-electron chi connectivity index (χ4n) is 2.62. The first-order valence-electron chi connectivity index (χ1n) is 6.43. The summed E-state index contributed by atoms with van der Waals surface area (Å²) in [5.74, 6) is 0.539. The second-order valence-electron chi connectivity index (χ2n) is 4.84. The van der Waals surface area contributed by atoms with Crippen molar-refractivity contribution in [3.05, 3.63) is 34.9 Å². The average Bonchev–Trinajstić information content (AvgIpc) is 2.86. The second-order valence-corrected chi connectivity index (χ2v) is 5.25. The lowest BCUT2D eigenvalue weighted by atomic mass is 9.95. The highest BCUT2D eigenvalue weighted by Gasteiger charge is 2.31. The molecule has 1 aromatic rings. The minimum Gasteiger partial charge on any atom is -0.352 e. The number of benzene rings is 1. The van der Waals surface area contributed by atoms with E-state index in [-0.39, 0.29) is 11.8 Å². The highest BCUT2D eigenvalue weighted by atomic mass is 35.5. The molecule has 0 spiro atoms. The van der Waals surface area contributed by atoms with Crippen LogP contribution in [0.4, 0.5) is 0 Å². The first-order chi connectivity index (χ1) is 8.72. The molecule has 2 atom stereocenters. The quantitative estimate of drug-likeness (QED) is 0.879. The van der Waals surface area contributed by atoms with Gasteiger partial charge in [0, 0.05) is 17.5 Å². The fraction of sp³-hybridized carbons (Fsp3) is 0.500. The fourth-order valence-corrected chi connectivity index (χ4v) is 2.82. The normalized spacial score (nSPS) is 23.0. The number of carbonyl (C=O) groups is 1. The second kappa shape index (κ2) is 6.21. The molecule has 18 heavy (non-hydrogen) atoms. The number of halogens is 1. The molecule has 0 radical (unpaired) electrons. The summed E-state index contributed by atoms with van der Waals surface area (Å²) in [5, 5.41) is 3.66. The smallest absolute Gasteiger partial charge is 0.223 e. The number of hydrogen-bond acceptors (Lipinski definition) is 2. The topological polar surface area (TPSA) is 55.1 Å². The van der Waals surface area contributed by atoms with E-state index in [1.807, 2.05) is 24.3 Å². The van der Waals surface area contributed by atoms with Crippen LogP contribution in [0.3, 0.4) is 0 Å². The number of rotatable bonds is 4. The molecule has 1 amide bonds. The van der Waals surface area contributed by atoms with Crippen LogP contribution in [0.2, 0.25) is 5.02 Å². The molecule has 0 aliphatic heterocycles. The first kappa shape index (κ1) is 13.4. The van der Waals surface area contributed by atoms with Crippen molar-refractivity contribution in [2.24, 2.45) is 17.6 Å². The zero-order valence-electron chi connectivity index (χ0n) is 10.4. The van der Waals surface area contributed by atoms with E-state index >= 15 is 0 Å². The molecule has 0 unspecified atom stereocenters. The van der Waals surface area contributed by atoms with E-state index in [1.54, 1.807) is 0 Å². The Kier molecular flexibility index (Phi) is 4.61. The van der Waals surface area contributed by atoms with E-state index in [2.05, 4.69) is 5.32 Å². The third-order valence-electron chi connectivity index (χ3n) is 3.71. The lowest BCUT2D eigenvalue weighted by molar-refractivity contribution is -0.126. The third-order valence-corrected chi connectivity index (χ3v) is 4.08. The summed E-state index contributed by atoms with van der Waals surface area (Å²) in [6.45, 7) is 1.09. The maximum Gasteiger partial charge on any atom is 0.223 e. The van der Waals surface area contributed by atoms with Gasteiger partial charge in [0.1, 0.15) is 0 Å². The van der Waals surface area contributed by atoms with Gasteiger partial charge in [-0.05, 0) is 36.9 Å². The minimum absolute atomic E-state index is 0.0810. The predicted octanol–water partition coefficient (Wildman–Crippen LogP) is 2.33. The van der Waals surface area contributed by atoms with Crippen molar-refractivity contribution in [3.8, 4) is 0 Å². The third kappa shape index (κ3) is 3.03. The van der Waals surface area contributed by atoms with Gasteiger partial charge in [-0.1, -0.05) is 36.2 Å². The Bertz CT molecular complexity index is 422. The van der Waals surface area contributed by atoms with Crippen LogP contribution in [0.15, 0.2) is 24.3 Å². The number of hydrogen-bond donors (Lipinski definition) is 2. The van der Waals surface area contributed by atoms with Gasteiger partial charge in [-0.3, -0.25) is 4.79 Å². The molecule has 1 saturated carbocycles. The largest absolute Gasteiger partial charge is 0.352 e. The van der Waals surface area contributed by atoms with Crippen LogP contribution >= 0.6 is 11.6 Å². The van der Waals surface area contributed by atoms with E-state index < -0.39 is 0 Å². The van der Waals surface area contributed by atoms with Gasteiger partial charge in [0.05, 0.1) is 0 Å². The Morgan fingerprint density at radius 1 is 1.39 bits per heavy atom. The van der Waals surface area contributed by atoms with Gasteiger partial charge in [-0.15, -0.1) is 0 Å². The van der Waals surface area contributed by atoms with Crippen LogP contribution < -0.4 is 11.1 Å². The molecule has 0 bridgehead atoms. The van der Waals surface area contributed by atoms with Gasteiger partial charge >= 0.3 is 0 Å². The van der Waals surface area contributed by atoms with E-state index in [9.17, 15) is 4.79 Å². The van der Waals surface area contributed by atoms with Gasteiger partial charge in [-0.25, -0.2) is 0 Å². The molecule has 1 aliphatic rings. The Labute approximate surface area is 113 Å². The lowest BCUT2D eigenvalue weighted by Gasteiger charge is -2.17. The number of amides is 1. The molecule has 4 heteroatoms. The van der Waals surface area contributed by atoms with E-state index in [4.69, 9.17) is 17.3 Å². The monoisotopic (exact) mass is 266 g/mol. The molecule has 2 rings (SSSR count). The molecule has 98 valence electrons. The first-order valence-corrected chi connectivity index (χ1v) is 6.81. The van der Waals surface area contributed by atoms with Crippen LogP contribution in [0.25, 0.3) is 0 Å². The molecule has 1 fully saturated rings. The molecule has 3 nitrogen and oxygen atoms in total. The maximum atomic E-state index is 12.1. The Hall–Kier alpha value is -1.06. The number of carbonyl (C=O) groups excluding carboxylic acids is 1. The summed E-state index contributed by atoms with van der Waals surface area (Å²) < 4.78 is 0. The Morgan fingerprint density at radius 3 is 2.89 bits per heavy atom. The van der Waals surface area contributed by atoms with E-state index in [0.717, 1.165) is 24.8 Å². The molecule has 3 N–H and O–H groups in total. The van der Waals surface area contributed by atoms with Gasteiger partial charge in [-0.2, -0.15) is 0 Å². The van der Waals surface area contributed by atoms with Crippen LogP contribution in [0, 0.1) is 11.8 Å². The van der Waals surface area contributed by atoms with Crippen LogP contribution in [-0.4, -0.2) is 12.5 Å². The van der Waals surface area contributed by atoms with Crippen molar-refractivity contribution in [2.75, 3.05) is 6.54 Å². The summed E-state index contributed by atoms with van der Waals surface area (Å²) in [4.78, 5) is 12.1. The van der Waals surface area contributed by atoms with Gasteiger partial charge in [0.2, 0.25) is 5.91 Å². The van der Waals surface area contributed by atoms with Gasteiger partial charge in [0.15, 0.2) is 0 Å². The SMILES string of the molecule is NC[C@H]1CCC[C@H]1C(=O)NCc1ccccc1Cl. The maximum absolute atomic E-state index is 12.1. The molecule has 0 aromatic heterocycles. The summed E-state index contributed by atoms with van der Waals surface area (Å²) in [6, 6.07) is 7.57. The highest BCUT2D eigenvalue weighted by Crippen LogP contribution is 2.31. The zero-order valence-corrected chi connectivity index (χ0v) is 11.1. The van der Waals surface area contributed by atoms with Crippen molar-refractivity contribution in [2.45, 2.75) is 25.8 Å². The van der Waals surface area contributed by atoms with E-state index in [1.165, 1.54) is 0 Å². The highest BCUT2D eigenvalue weighted by molar-refractivity contribution is 6.31. The summed E-state index contributed by atoms with van der Waals surface area (Å²) >= 11 is 6.05. The average molecular weight is 267 g/mol. The summed E-state index contributed by atoms with van der Waals surface area (Å²) in [7, 11) is 0. The van der Waals surface area contributed by atoms with Crippen molar-refractivity contribution in [1.29, 1.82) is 0 Å². The molecule has 0 saturated heterocycles. The van der Waals surface area contributed by atoms with Crippen LogP contribution in [-0.2, 0) is 11.3 Å². The van der Waals surface area contributed by atoms with Crippen molar-refractivity contribution >= 4 is 17.5 Å². The minimum atomic E-state index is 0.0810. The Morgan fingerprint density at radius 2 is 2.17 bits per heavy atom. The molecular formula is C14H19ClN2O. The number of nitrogens with two attached hydrogens (primary N) is 1. The molecular weight excluding hydrogens is 248 g/mol. The zero-order chi connectivity index (χ0) is 13.0. The van der Waals surface area contributed by atoms with Crippen LogP contribution in [0.1, 0.15) is 24.8 Å². The van der Waals surface area contributed by atoms with Gasteiger partial charge < -0.3 is 11.1 Å². The molecule has 1 aliphatic carbocycles. The predicted molar refractivity (Wildman–Crippen MR) is 73.2 cm³/mol. The van der Waals surface area contributed by atoms with Crippen molar-refractivity contribution in [3.63, 3.8) is 0 Å². The summed E-state index contributed by atoms with van der Waals surface area (Å²) in [6.07, 6.45) is 3.13. The Balaban J connectivity index is 1.90. The molecule has 0 heterocycles. The lowest BCUT2D eigenvalue weighted by Crippen LogP contribution is -2.34. The summed E-state index contributed by atoms with van der Waals surface area (Å²) in [5.41, 5.74) is 6.65. The van der Waals surface area contributed by atoms with Crippen molar-refractivity contribution < 1.29 is 4.79 Å². The molecule has 1 aromatic carbocycles. The van der Waals surface area contributed by atoms with E-state index in [0.29, 0.717) is 24.0 Å². The standard InChI is InChI=1S/C14H19ClN2O/c15-13-7-2-1-4-11(13)9-17-14(18)12-6-3-5-10(12)8-16/h1-2,4,7,10,12H,3,5-6,8-9,16H2,(H,17,18)/t10-,12-/m1/s1. The van der Waals surface area contributed by atoms with Crippen LogP contribution in [0.5, 0.6) is 0 Å². The van der Waals surface area contributed by atoms with Crippen molar-refractivity contribution in [1.82, 2.24) is 5.32 Å². The number of nitrogens with one attached hydrogen (secondary N) is 1.